The molecule has 0 unspecified atom stereocenters. The number of fused-ring (bicyclic) bond motifs is 1. The van der Waals surface area contributed by atoms with E-state index in [-0.39, 0.29) is 28.0 Å². The van der Waals surface area contributed by atoms with Gasteiger partial charge in [-0.25, -0.2) is 4.98 Å². The van der Waals surface area contributed by atoms with Crippen molar-refractivity contribution >= 4 is 44.6 Å². The van der Waals surface area contributed by atoms with Crippen molar-refractivity contribution < 1.29 is 9.84 Å². The summed E-state index contributed by atoms with van der Waals surface area (Å²) in [7, 11) is 0. The Morgan fingerprint density at radius 1 is 1.34 bits per heavy atom. The van der Waals surface area contributed by atoms with E-state index in [1.54, 1.807) is 18.2 Å². The second kappa shape index (κ2) is 8.97. The zero-order valence-corrected chi connectivity index (χ0v) is 18.7. The topological polar surface area (TPSA) is 76.7 Å². The van der Waals surface area contributed by atoms with Gasteiger partial charge in [0.15, 0.2) is 11.5 Å². The van der Waals surface area contributed by atoms with Gasteiger partial charge < -0.3 is 9.84 Å². The van der Waals surface area contributed by atoms with Crippen LogP contribution in [0.25, 0.3) is 10.9 Å². The number of rotatable bonds is 6. The van der Waals surface area contributed by atoms with Crippen LogP contribution >= 0.6 is 27.5 Å². The summed E-state index contributed by atoms with van der Waals surface area (Å²) in [5, 5.41) is 15.0. The standard InChI is InChI=1S/C21H21BrClN3O3/c1-4-12(3)20-25-17-7-6-14(22)10-15(17)21(28)26(20)24-11-13-8-16(23)19(27)18(9-13)29-5-2/h6-12,27H,4-5H2,1-3H3/t12-/m0/s1. The van der Waals surface area contributed by atoms with Crippen LogP contribution in [-0.4, -0.2) is 27.6 Å². The predicted molar refractivity (Wildman–Crippen MR) is 120 cm³/mol. The highest BCUT2D eigenvalue weighted by atomic mass is 79.9. The minimum Gasteiger partial charge on any atom is -0.503 e. The third-order valence-electron chi connectivity index (χ3n) is 4.56. The van der Waals surface area contributed by atoms with Gasteiger partial charge in [-0.15, -0.1) is 0 Å². The molecule has 0 fully saturated rings. The van der Waals surface area contributed by atoms with Crippen molar-refractivity contribution in [1.29, 1.82) is 0 Å². The number of phenols is 1. The summed E-state index contributed by atoms with van der Waals surface area (Å²) in [6.45, 7) is 6.23. The highest BCUT2D eigenvalue weighted by Gasteiger charge is 2.16. The Balaban J connectivity index is 2.16. The fraction of sp³-hybridized carbons (Fsp3) is 0.286. The van der Waals surface area contributed by atoms with Crippen molar-refractivity contribution in [2.24, 2.45) is 5.10 Å². The molecule has 0 saturated heterocycles. The van der Waals surface area contributed by atoms with Gasteiger partial charge in [-0.1, -0.05) is 41.4 Å². The Hall–Kier alpha value is -2.38. The minimum absolute atomic E-state index is 0.0373. The molecule has 1 heterocycles. The SMILES string of the molecule is CCOc1cc(C=Nn2c([C@@H](C)CC)nc3ccc(Br)cc3c2=O)cc(Cl)c1O. The summed E-state index contributed by atoms with van der Waals surface area (Å²) in [6, 6.07) is 8.59. The minimum atomic E-state index is -0.252. The molecule has 0 aliphatic heterocycles. The summed E-state index contributed by atoms with van der Waals surface area (Å²) in [5.74, 6) is 0.755. The van der Waals surface area contributed by atoms with Gasteiger partial charge in [0.1, 0.15) is 5.82 Å². The number of ether oxygens (including phenoxy) is 1. The van der Waals surface area contributed by atoms with Gasteiger partial charge in [0.2, 0.25) is 0 Å². The summed E-state index contributed by atoms with van der Waals surface area (Å²) < 4.78 is 7.52. The Kier molecular flexibility index (Phi) is 6.59. The molecule has 0 amide bonds. The summed E-state index contributed by atoms with van der Waals surface area (Å²) in [4.78, 5) is 17.8. The van der Waals surface area contributed by atoms with Crippen molar-refractivity contribution in [3.05, 3.63) is 61.6 Å². The number of benzene rings is 2. The van der Waals surface area contributed by atoms with Crippen molar-refractivity contribution in [3.8, 4) is 11.5 Å². The molecule has 0 radical (unpaired) electrons. The summed E-state index contributed by atoms with van der Waals surface area (Å²) in [6.07, 6.45) is 2.32. The lowest BCUT2D eigenvalue weighted by atomic mass is 10.1. The molecule has 152 valence electrons. The van der Waals surface area contributed by atoms with Crippen LogP contribution in [0.1, 0.15) is 44.5 Å². The molecule has 29 heavy (non-hydrogen) atoms. The van der Waals surface area contributed by atoms with Crippen molar-refractivity contribution in [3.63, 3.8) is 0 Å². The van der Waals surface area contributed by atoms with Crippen molar-refractivity contribution in [1.82, 2.24) is 9.66 Å². The average Bonchev–Trinajstić information content (AvgIpc) is 2.70. The number of aromatic nitrogens is 2. The fourth-order valence-electron chi connectivity index (χ4n) is 2.84. The molecule has 8 heteroatoms. The van der Waals surface area contributed by atoms with E-state index < -0.39 is 0 Å². The lowest BCUT2D eigenvalue weighted by Gasteiger charge is -2.14. The quantitative estimate of drug-likeness (QED) is 0.487. The van der Waals surface area contributed by atoms with E-state index in [0.717, 1.165) is 10.9 Å². The maximum atomic E-state index is 13.1. The third-order valence-corrected chi connectivity index (χ3v) is 5.34. The first kappa shape index (κ1) is 21.3. The lowest BCUT2D eigenvalue weighted by molar-refractivity contribution is 0.318. The summed E-state index contributed by atoms with van der Waals surface area (Å²) in [5.41, 5.74) is 0.969. The maximum Gasteiger partial charge on any atom is 0.282 e. The molecule has 2 aromatic carbocycles. The highest BCUT2D eigenvalue weighted by Crippen LogP contribution is 2.34. The van der Waals surface area contributed by atoms with Crippen LogP contribution in [0.5, 0.6) is 11.5 Å². The first-order valence-corrected chi connectivity index (χ1v) is 10.4. The largest absolute Gasteiger partial charge is 0.503 e. The van der Waals surface area contributed by atoms with Gasteiger partial charge in [0, 0.05) is 10.4 Å². The van der Waals surface area contributed by atoms with E-state index in [1.807, 2.05) is 32.9 Å². The average molecular weight is 479 g/mol. The molecule has 1 aromatic heterocycles. The van der Waals surface area contributed by atoms with Gasteiger partial charge in [-0.3, -0.25) is 4.79 Å². The molecule has 0 saturated carbocycles. The Morgan fingerprint density at radius 3 is 2.79 bits per heavy atom. The van der Waals surface area contributed by atoms with Crippen LogP contribution < -0.4 is 10.3 Å². The number of hydrogen-bond donors (Lipinski definition) is 1. The Labute approximate surface area is 181 Å². The molecule has 3 aromatic rings. The van der Waals surface area contributed by atoms with Crippen molar-refractivity contribution in [2.45, 2.75) is 33.1 Å². The van der Waals surface area contributed by atoms with Gasteiger partial charge in [-0.05, 0) is 49.2 Å². The molecular weight excluding hydrogens is 458 g/mol. The number of aromatic hydroxyl groups is 1. The zero-order valence-electron chi connectivity index (χ0n) is 16.3. The first-order valence-electron chi connectivity index (χ1n) is 9.27. The van der Waals surface area contributed by atoms with E-state index in [1.165, 1.54) is 10.9 Å². The van der Waals surface area contributed by atoms with E-state index in [4.69, 9.17) is 16.3 Å². The molecule has 1 atom stereocenters. The maximum absolute atomic E-state index is 13.1. The third kappa shape index (κ3) is 4.46. The molecule has 6 nitrogen and oxygen atoms in total. The van der Waals surface area contributed by atoms with Crippen LogP contribution in [-0.2, 0) is 0 Å². The fourth-order valence-corrected chi connectivity index (χ4v) is 3.42. The second-order valence-electron chi connectivity index (χ2n) is 6.58. The van der Waals surface area contributed by atoms with Gasteiger partial charge >= 0.3 is 0 Å². The number of phenolic OH excluding ortho intramolecular Hbond substituents is 1. The predicted octanol–water partition coefficient (Wildman–Crippen LogP) is 5.31. The normalized spacial score (nSPS) is 12.6. The lowest BCUT2D eigenvalue weighted by Crippen LogP contribution is -2.23. The number of halogens is 2. The van der Waals surface area contributed by atoms with Crippen molar-refractivity contribution in [2.75, 3.05) is 6.61 Å². The van der Waals surface area contributed by atoms with Crippen LogP contribution in [0.3, 0.4) is 0 Å². The highest BCUT2D eigenvalue weighted by molar-refractivity contribution is 9.10. The van der Waals surface area contributed by atoms with Crippen LogP contribution in [0.4, 0.5) is 0 Å². The van der Waals surface area contributed by atoms with E-state index in [0.29, 0.717) is 28.9 Å². The monoisotopic (exact) mass is 477 g/mol. The number of nitrogens with zero attached hydrogens (tertiary/aromatic N) is 3. The Morgan fingerprint density at radius 2 is 2.10 bits per heavy atom. The van der Waals surface area contributed by atoms with Gasteiger partial charge in [0.25, 0.3) is 5.56 Å². The van der Waals surface area contributed by atoms with Gasteiger partial charge in [-0.2, -0.15) is 9.78 Å². The molecule has 1 N–H and O–H groups in total. The molecular formula is C21H21BrClN3O3. The Bertz CT molecular complexity index is 1140. The molecule has 3 rings (SSSR count). The molecule has 0 spiro atoms. The van der Waals surface area contributed by atoms with E-state index >= 15 is 0 Å². The zero-order chi connectivity index (χ0) is 21.1. The first-order chi connectivity index (χ1) is 13.8. The van der Waals surface area contributed by atoms with Crippen LogP contribution in [0.2, 0.25) is 5.02 Å². The summed E-state index contributed by atoms with van der Waals surface area (Å²) >= 11 is 9.49. The van der Waals surface area contributed by atoms with E-state index in [2.05, 4.69) is 26.0 Å². The second-order valence-corrected chi connectivity index (χ2v) is 7.91. The smallest absolute Gasteiger partial charge is 0.282 e. The van der Waals surface area contributed by atoms with Crippen LogP contribution in [0, 0.1) is 0 Å². The molecule has 0 aliphatic rings. The van der Waals surface area contributed by atoms with Gasteiger partial charge in [0.05, 0.1) is 28.7 Å². The number of hydrogen-bond acceptors (Lipinski definition) is 5. The van der Waals surface area contributed by atoms with E-state index in [9.17, 15) is 9.90 Å². The molecule has 0 aliphatic carbocycles. The molecule has 0 bridgehead atoms. The van der Waals surface area contributed by atoms with Crippen LogP contribution in [0.15, 0.2) is 44.7 Å².